The van der Waals surface area contributed by atoms with Gasteiger partial charge in [0, 0.05) is 26.3 Å². The van der Waals surface area contributed by atoms with Gasteiger partial charge in [0.15, 0.2) is 5.96 Å². The van der Waals surface area contributed by atoms with Gasteiger partial charge in [-0.05, 0) is 25.8 Å². The summed E-state index contributed by atoms with van der Waals surface area (Å²) in [6, 6.07) is 10.2. The normalized spacial score (nSPS) is 11.5. The summed E-state index contributed by atoms with van der Waals surface area (Å²) in [6.07, 6.45) is 2.81. The minimum absolute atomic E-state index is 0.508. The number of benzene rings is 1. The van der Waals surface area contributed by atoms with Crippen LogP contribution >= 0.6 is 0 Å². The van der Waals surface area contributed by atoms with Crippen LogP contribution in [0, 0.1) is 0 Å². The fraction of sp³-hybridized carbons (Fsp3) is 0.444. The van der Waals surface area contributed by atoms with Crippen molar-refractivity contribution in [2.24, 2.45) is 4.99 Å². The predicted octanol–water partition coefficient (Wildman–Crippen LogP) is 2.56. The number of hydrogen-bond acceptors (Lipinski definition) is 3. The topological polar surface area (TPSA) is 74.3 Å². The molecule has 3 N–H and O–H groups in total. The minimum Gasteiger partial charge on any atom is -0.382 e. The molecule has 0 aliphatic rings. The van der Waals surface area contributed by atoms with E-state index in [1.165, 1.54) is 0 Å². The summed E-state index contributed by atoms with van der Waals surface area (Å²) in [6.45, 7) is 7.75. The highest BCUT2D eigenvalue weighted by Crippen LogP contribution is 2.16. The van der Waals surface area contributed by atoms with Crippen molar-refractivity contribution in [3.63, 3.8) is 0 Å². The summed E-state index contributed by atoms with van der Waals surface area (Å²) in [5.74, 6) is 1.65. The van der Waals surface area contributed by atoms with Crippen LogP contribution in [0.3, 0.4) is 0 Å². The van der Waals surface area contributed by atoms with E-state index in [4.69, 9.17) is 4.74 Å². The Hall–Kier alpha value is -2.34. The Labute approximate surface area is 143 Å². The van der Waals surface area contributed by atoms with Gasteiger partial charge in [-0.3, -0.25) is 0 Å². The fourth-order valence-corrected chi connectivity index (χ4v) is 2.23. The molecule has 2 rings (SSSR count). The van der Waals surface area contributed by atoms with Gasteiger partial charge in [0.25, 0.3) is 0 Å². The van der Waals surface area contributed by atoms with E-state index >= 15 is 0 Å². The van der Waals surface area contributed by atoms with E-state index in [1.807, 2.05) is 31.3 Å². The fourth-order valence-electron chi connectivity index (χ4n) is 2.23. The molecule has 1 aromatic carbocycles. The van der Waals surface area contributed by atoms with Crippen LogP contribution in [0.15, 0.2) is 41.5 Å². The first-order valence-electron chi connectivity index (χ1n) is 8.52. The van der Waals surface area contributed by atoms with Crippen molar-refractivity contribution in [2.75, 3.05) is 26.3 Å². The van der Waals surface area contributed by atoms with Crippen molar-refractivity contribution in [3.05, 3.63) is 42.4 Å². The molecular formula is C18H27N5O. The highest BCUT2D eigenvalue weighted by Gasteiger charge is 2.03. The third-order valence-corrected chi connectivity index (χ3v) is 3.41. The lowest BCUT2D eigenvalue weighted by Crippen LogP contribution is -2.38. The number of aliphatic imine (C=N–C) groups is 1. The Morgan fingerprint density at radius 1 is 1.21 bits per heavy atom. The predicted molar refractivity (Wildman–Crippen MR) is 98.0 cm³/mol. The van der Waals surface area contributed by atoms with E-state index in [0.717, 1.165) is 55.8 Å². The number of guanidine groups is 1. The number of hydrogen-bond donors (Lipinski definition) is 3. The number of ether oxygens (including phenoxy) is 1. The van der Waals surface area contributed by atoms with E-state index in [2.05, 4.69) is 44.7 Å². The smallest absolute Gasteiger partial charge is 0.191 e. The van der Waals surface area contributed by atoms with Crippen molar-refractivity contribution in [3.8, 4) is 11.3 Å². The van der Waals surface area contributed by atoms with Gasteiger partial charge in [0.05, 0.1) is 11.9 Å². The molecular weight excluding hydrogens is 302 g/mol. The molecule has 0 amide bonds. The lowest BCUT2D eigenvalue weighted by Gasteiger charge is -2.10. The first kappa shape index (κ1) is 18.0. The van der Waals surface area contributed by atoms with Crippen molar-refractivity contribution in [2.45, 2.75) is 26.8 Å². The minimum atomic E-state index is 0.508. The molecule has 1 aromatic heterocycles. The van der Waals surface area contributed by atoms with Crippen LogP contribution < -0.4 is 10.6 Å². The van der Waals surface area contributed by atoms with Gasteiger partial charge >= 0.3 is 0 Å². The SMILES string of the molecule is CCNC(=NCc1ncc(-c2ccccc2)[nH]1)NCCCOCC. The lowest BCUT2D eigenvalue weighted by atomic mass is 10.2. The maximum atomic E-state index is 5.33. The molecule has 0 fully saturated rings. The summed E-state index contributed by atoms with van der Waals surface area (Å²) in [5.41, 5.74) is 2.14. The zero-order chi connectivity index (χ0) is 17.0. The van der Waals surface area contributed by atoms with Crippen LogP contribution in [0.5, 0.6) is 0 Å². The number of nitrogens with one attached hydrogen (secondary N) is 3. The van der Waals surface area contributed by atoms with Gasteiger partial charge in [-0.2, -0.15) is 0 Å². The third kappa shape index (κ3) is 6.04. The van der Waals surface area contributed by atoms with Crippen molar-refractivity contribution < 1.29 is 4.74 Å². The summed E-state index contributed by atoms with van der Waals surface area (Å²) in [5, 5.41) is 6.54. The van der Waals surface area contributed by atoms with Crippen LogP contribution in [0.25, 0.3) is 11.3 Å². The maximum Gasteiger partial charge on any atom is 0.191 e. The quantitative estimate of drug-likeness (QED) is 0.375. The first-order chi connectivity index (χ1) is 11.8. The summed E-state index contributed by atoms with van der Waals surface area (Å²) in [4.78, 5) is 12.3. The Bertz CT molecular complexity index is 609. The van der Waals surface area contributed by atoms with Crippen molar-refractivity contribution in [1.29, 1.82) is 0 Å². The molecule has 130 valence electrons. The second-order valence-corrected chi connectivity index (χ2v) is 5.28. The molecule has 0 aliphatic heterocycles. The molecule has 0 bridgehead atoms. The van der Waals surface area contributed by atoms with Gasteiger partial charge in [0.2, 0.25) is 0 Å². The molecule has 0 unspecified atom stereocenters. The Morgan fingerprint density at radius 3 is 2.79 bits per heavy atom. The zero-order valence-corrected chi connectivity index (χ0v) is 14.5. The third-order valence-electron chi connectivity index (χ3n) is 3.41. The molecule has 1 heterocycles. The van der Waals surface area contributed by atoms with Gasteiger partial charge in [-0.25, -0.2) is 9.98 Å². The number of H-pyrrole nitrogens is 1. The Kier molecular flexibility index (Phi) is 7.83. The largest absolute Gasteiger partial charge is 0.382 e. The van der Waals surface area contributed by atoms with Crippen LogP contribution in [0.2, 0.25) is 0 Å². The molecule has 0 aliphatic carbocycles. The van der Waals surface area contributed by atoms with Crippen molar-refractivity contribution in [1.82, 2.24) is 20.6 Å². The number of aromatic nitrogens is 2. The van der Waals surface area contributed by atoms with Crippen LogP contribution in [-0.4, -0.2) is 42.2 Å². The molecule has 0 spiro atoms. The van der Waals surface area contributed by atoms with E-state index in [9.17, 15) is 0 Å². The molecule has 6 nitrogen and oxygen atoms in total. The molecule has 6 heteroatoms. The average molecular weight is 329 g/mol. The van der Waals surface area contributed by atoms with Crippen LogP contribution in [0.4, 0.5) is 0 Å². The summed E-state index contributed by atoms with van der Waals surface area (Å²) in [7, 11) is 0. The van der Waals surface area contributed by atoms with E-state index in [0.29, 0.717) is 6.54 Å². The van der Waals surface area contributed by atoms with E-state index in [-0.39, 0.29) is 0 Å². The molecule has 0 atom stereocenters. The maximum absolute atomic E-state index is 5.33. The number of rotatable bonds is 9. The Balaban J connectivity index is 1.87. The average Bonchev–Trinajstić information content (AvgIpc) is 3.09. The second kappa shape index (κ2) is 10.4. The van der Waals surface area contributed by atoms with Crippen LogP contribution in [-0.2, 0) is 11.3 Å². The first-order valence-corrected chi connectivity index (χ1v) is 8.52. The lowest BCUT2D eigenvalue weighted by molar-refractivity contribution is 0.145. The highest BCUT2D eigenvalue weighted by molar-refractivity contribution is 5.79. The van der Waals surface area contributed by atoms with Gasteiger partial charge in [-0.1, -0.05) is 30.3 Å². The molecule has 0 radical (unpaired) electrons. The summed E-state index contributed by atoms with van der Waals surface area (Å²) < 4.78 is 5.33. The van der Waals surface area contributed by atoms with Gasteiger partial charge in [-0.15, -0.1) is 0 Å². The molecule has 0 saturated heterocycles. The standard InChI is InChI=1S/C18H27N5O/c1-3-19-18(20-11-8-12-24-4-2)22-14-17-21-13-16(23-17)15-9-6-5-7-10-15/h5-7,9-10,13H,3-4,8,11-12,14H2,1-2H3,(H,21,23)(H2,19,20,22). The monoisotopic (exact) mass is 329 g/mol. The van der Waals surface area contributed by atoms with E-state index in [1.54, 1.807) is 0 Å². The Morgan fingerprint density at radius 2 is 2.04 bits per heavy atom. The van der Waals surface area contributed by atoms with Gasteiger partial charge < -0.3 is 20.4 Å². The second-order valence-electron chi connectivity index (χ2n) is 5.28. The van der Waals surface area contributed by atoms with E-state index < -0.39 is 0 Å². The number of nitrogens with zero attached hydrogens (tertiary/aromatic N) is 2. The molecule has 0 saturated carbocycles. The number of imidazole rings is 1. The molecule has 24 heavy (non-hydrogen) atoms. The van der Waals surface area contributed by atoms with Crippen LogP contribution in [0.1, 0.15) is 26.1 Å². The zero-order valence-electron chi connectivity index (χ0n) is 14.5. The highest BCUT2D eigenvalue weighted by atomic mass is 16.5. The molecule has 2 aromatic rings. The van der Waals surface area contributed by atoms with Crippen molar-refractivity contribution >= 4 is 5.96 Å². The summed E-state index contributed by atoms with van der Waals surface area (Å²) >= 11 is 0. The number of aromatic amines is 1. The van der Waals surface area contributed by atoms with Gasteiger partial charge in [0.1, 0.15) is 12.4 Å².